The third kappa shape index (κ3) is 5.13. The van der Waals surface area contributed by atoms with E-state index in [1.807, 2.05) is 34.6 Å². The average molecular weight is 303 g/mol. The topological polar surface area (TPSA) is 68.2 Å². The van der Waals surface area contributed by atoms with Crippen molar-refractivity contribution in [2.75, 3.05) is 26.4 Å². The number of piperidine rings is 1. The van der Waals surface area contributed by atoms with E-state index < -0.39 is 17.5 Å². The van der Waals surface area contributed by atoms with E-state index in [1.165, 1.54) is 0 Å². The first-order valence-corrected chi connectivity index (χ1v) is 7.65. The molecule has 21 heavy (non-hydrogen) atoms. The Morgan fingerprint density at radius 2 is 1.86 bits per heavy atom. The highest BCUT2D eigenvalue weighted by molar-refractivity contribution is 5.68. The van der Waals surface area contributed by atoms with Gasteiger partial charge in [-0.05, 0) is 34.6 Å². The van der Waals surface area contributed by atoms with E-state index in [0.717, 1.165) is 0 Å². The minimum atomic E-state index is -0.713. The normalized spacial score (nSPS) is 22.2. The number of amides is 1. The van der Waals surface area contributed by atoms with Crippen LogP contribution in [0.3, 0.4) is 0 Å². The van der Waals surface area contributed by atoms with E-state index in [1.54, 1.807) is 4.90 Å². The molecule has 0 aromatic carbocycles. The largest absolute Gasteiger partial charge is 0.444 e. The molecule has 1 rings (SSSR count). The Hall–Kier alpha value is -0.850. The minimum Gasteiger partial charge on any atom is -0.444 e. The molecule has 6 heteroatoms. The molecule has 1 unspecified atom stereocenters. The van der Waals surface area contributed by atoms with Crippen LogP contribution in [-0.4, -0.2) is 59.9 Å². The van der Waals surface area contributed by atoms with E-state index in [-0.39, 0.29) is 12.6 Å². The van der Waals surface area contributed by atoms with Gasteiger partial charge >= 0.3 is 6.09 Å². The van der Waals surface area contributed by atoms with Gasteiger partial charge in [0.25, 0.3) is 0 Å². The lowest BCUT2D eigenvalue weighted by molar-refractivity contribution is -0.260. The van der Waals surface area contributed by atoms with Crippen LogP contribution in [0.4, 0.5) is 4.79 Å². The number of likely N-dealkylation sites (tertiary alicyclic amines) is 1. The van der Waals surface area contributed by atoms with Crippen molar-refractivity contribution < 1.29 is 24.1 Å². The average Bonchev–Trinajstić information content (AvgIpc) is 2.37. The van der Waals surface area contributed by atoms with Crippen LogP contribution in [-0.2, 0) is 14.2 Å². The van der Waals surface area contributed by atoms with Gasteiger partial charge in [-0.25, -0.2) is 4.79 Å². The molecular weight excluding hydrogens is 274 g/mol. The van der Waals surface area contributed by atoms with Crippen LogP contribution in [0.25, 0.3) is 0 Å². The smallest absolute Gasteiger partial charge is 0.410 e. The molecule has 1 amide bonds. The summed E-state index contributed by atoms with van der Waals surface area (Å²) in [5.74, 6) is -0.713. The zero-order valence-corrected chi connectivity index (χ0v) is 13.8. The van der Waals surface area contributed by atoms with Gasteiger partial charge in [0, 0.05) is 32.6 Å². The molecule has 1 saturated heterocycles. The fourth-order valence-electron chi connectivity index (χ4n) is 2.60. The van der Waals surface area contributed by atoms with Gasteiger partial charge in [-0.15, -0.1) is 0 Å². The van der Waals surface area contributed by atoms with Gasteiger partial charge in [-0.2, -0.15) is 0 Å². The monoisotopic (exact) mass is 303 g/mol. The first kappa shape index (κ1) is 18.2. The van der Waals surface area contributed by atoms with Crippen LogP contribution in [0.15, 0.2) is 0 Å². The number of carbonyl (C=O) groups is 1. The highest BCUT2D eigenvalue weighted by Gasteiger charge is 2.43. The minimum absolute atomic E-state index is 0.138. The van der Waals surface area contributed by atoms with Crippen LogP contribution < -0.4 is 0 Å². The van der Waals surface area contributed by atoms with Crippen molar-refractivity contribution in [1.29, 1.82) is 0 Å². The lowest BCUT2D eigenvalue weighted by Crippen LogP contribution is -2.56. The summed E-state index contributed by atoms with van der Waals surface area (Å²) in [6.45, 7) is 10.7. The summed E-state index contributed by atoms with van der Waals surface area (Å²) in [5.41, 5.74) is -0.550. The van der Waals surface area contributed by atoms with Gasteiger partial charge < -0.3 is 24.2 Å². The molecule has 0 radical (unpaired) electrons. The molecule has 1 aliphatic rings. The molecule has 0 aromatic heterocycles. The van der Waals surface area contributed by atoms with Crippen LogP contribution in [0.2, 0.25) is 0 Å². The molecule has 0 aliphatic carbocycles. The second-order valence-corrected chi connectivity index (χ2v) is 6.24. The maximum Gasteiger partial charge on any atom is 0.410 e. The Bertz CT molecular complexity index is 333. The molecule has 0 aromatic rings. The number of hydrogen-bond donors (Lipinski definition) is 1. The molecule has 1 N–H and O–H groups in total. The maximum absolute atomic E-state index is 12.2. The Morgan fingerprint density at radius 1 is 1.29 bits per heavy atom. The third-order valence-electron chi connectivity index (χ3n) is 3.37. The first-order chi connectivity index (χ1) is 9.77. The predicted molar refractivity (Wildman–Crippen MR) is 79.0 cm³/mol. The van der Waals surface area contributed by atoms with Gasteiger partial charge in [0.15, 0.2) is 5.79 Å². The lowest BCUT2D eigenvalue weighted by atomic mass is 9.96. The van der Waals surface area contributed by atoms with Crippen LogP contribution in [0.5, 0.6) is 0 Å². The molecule has 1 fully saturated rings. The number of hydrogen-bond acceptors (Lipinski definition) is 5. The summed E-state index contributed by atoms with van der Waals surface area (Å²) in [6, 6.07) is -0.355. The number of rotatable bonds is 5. The number of carbonyl (C=O) groups excluding carboxylic acids is 1. The van der Waals surface area contributed by atoms with E-state index >= 15 is 0 Å². The van der Waals surface area contributed by atoms with Crippen molar-refractivity contribution in [3.8, 4) is 0 Å². The summed E-state index contributed by atoms with van der Waals surface area (Å²) in [5, 5.41) is 9.62. The van der Waals surface area contributed by atoms with Crippen molar-refractivity contribution in [2.45, 2.75) is 64.9 Å². The first-order valence-electron chi connectivity index (χ1n) is 7.65. The van der Waals surface area contributed by atoms with Crippen LogP contribution in [0, 0.1) is 0 Å². The summed E-state index contributed by atoms with van der Waals surface area (Å²) >= 11 is 0. The third-order valence-corrected chi connectivity index (χ3v) is 3.37. The summed E-state index contributed by atoms with van der Waals surface area (Å²) in [7, 11) is 0. The van der Waals surface area contributed by atoms with E-state index in [4.69, 9.17) is 14.2 Å². The Labute approximate surface area is 127 Å². The second kappa shape index (κ2) is 7.42. The van der Waals surface area contributed by atoms with Crippen molar-refractivity contribution in [2.24, 2.45) is 0 Å². The maximum atomic E-state index is 12.2. The van der Waals surface area contributed by atoms with Crippen molar-refractivity contribution in [1.82, 2.24) is 4.90 Å². The van der Waals surface area contributed by atoms with Crippen molar-refractivity contribution >= 4 is 6.09 Å². The molecule has 1 aliphatic heterocycles. The van der Waals surface area contributed by atoms with Crippen molar-refractivity contribution in [3.63, 3.8) is 0 Å². The van der Waals surface area contributed by atoms with Crippen molar-refractivity contribution in [3.05, 3.63) is 0 Å². The standard InChI is InChI=1S/C15H29NO5/c1-6-19-15(20-7-2)8-9-16(12(10-15)11-17)13(18)21-14(3,4)5/h12,17H,6-11H2,1-5H3. The lowest BCUT2D eigenvalue weighted by Gasteiger charge is -2.45. The SMILES string of the molecule is CCOC1(OCC)CCN(C(=O)OC(C)(C)C)C(CO)C1. The van der Waals surface area contributed by atoms with E-state index in [0.29, 0.717) is 32.6 Å². The van der Waals surface area contributed by atoms with Gasteiger partial charge in [0.2, 0.25) is 0 Å². The van der Waals surface area contributed by atoms with Gasteiger partial charge in [0.1, 0.15) is 5.60 Å². The molecule has 0 bridgehead atoms. The predicted octanol–water partition coefficient (Wildman–Crippen LogP) is 2.15. The zero-order chi connectivity index (χ0) is 16.1. The quantitative estimate of drug-likeness (QED) is 0.788. The summed E-state index contributed by atoms with van der Waals surface area (Å²) in [4.78, 5) is 13.8. The highest BCUT2D eigenvalue weighted by Crippen LogP contribution is 2.32. The Morgan fingerprint density at radius 3 is 2.29 bits per heavy atom. The molecule has 1 atom stereocenters. The molecule has 1 heterocycles. The van der Waals surface area contributed by atoms with E-state index in [2.05, 4.69) is 0 Å². The van der Waals surface area contributed by atoms with E-state index in [9.17, 15) is 9.90 Å². The molecular formula is C15H29NO5. The molecule has 124 valence electrons. The highest BCUT2D eigenvalue weighted by atomic mass is 16.7. The van der Waals surface area contributed by atoms with Gasteiger partial charge in [-0.3, -0.25) is 0 Å². The molecule has 6 nitrogen and oxygen atoms in total. The number of aliphatic hydroxyl groups excluding tert-OH is 1. The number of nitrogens with zero attached hydrogens (tertiary/aromatic N) is 1. The Balaban J connectivity index is 2.78. The Kier molecular flexibility index (Phi) is 6.43. The fourth-order valence-corrected chi connectivity index (χ4v) is 2.60. The second-order valence-electron chi connectivity index (χ2n) is 6.24. The van der Waals surface area contributed by atoms with Crippen LogP contribution in [0.1, 0.15) is 47.5 Å². The van der Waals surface area contributed by atoms with Gasteiger partial charge in [-0.1, -0.05) is 0 Å². The molecule has 0 spiro atoms. The fraction of sp³-hybridized carbons (Fsp3) is 0.933. The van der Waals surface area contributed by atoms with Crippen LogP contribution >= 0.6 is 0 Å². The molecule has 0 saturated carbocycles. The summed E-state index contributed by atoms with van der Waals surface area (Å²) in [6.07, 6.45) is 0.623. The number of aliphatic hydroxyl groups is 1. The van der Waals surface area contributed by atoms with Gasteiger partial charge in [0.05, 0.1) is 12.6 Å². The summed E-state index contributed by atoms with van der Waals surface area (Å²) < 4.78 is 16.9. The number of ether oxygens (including phenoxy) is 3. The zero-order valence-electron chi connectivity index (χ0n) is 13.8.